The van der Waals surface area contributed by atoms with Gasteiger partial charge in [-0.2, -0.15) is 0 Å². The zero-order valence-corrected chi connectivity index (χ0v) is 11.9. The summed E-state index contributed by atoms with van der Waals surface area (Å²) in [6.07, 6.45) is 0. The first-order chi connectivity index (χ1) is 9.38. The fourth-order valence-electron chi connectivity index (χ4n) is 1.65. The molecule has 0 fully saturated rings. The van der Waals surface area contributed by atoms with Crippen molar-refractivity contribution in [2.24, 2.45) is 0 Å². The molecular weight excluding hydrogens is 335 g/mol. The molecule has 2 rings (SSSR count). The average Bonchev–Trinajstić information content (AvgIpc) is 2.38. The Kier molecular flexibility index (Phi) is 4.13. The number of carbonyl (C=O) groups is 1. The van der Waals surface area contributed by atoms with Crippen LogP contribution in [0, 0.1) is 24.4 Å². The molecule has 0 aliphatic heterocycles. The van der Waals surface area contributed by atoms with Crippen molar-refractivity contribution in [3.63, 3.8) is 0 Å². The number of hydrogen-bond acceptors (Lipinski definition) is 1. The number of rotatable bonds is 2. The molecule has 0 unspecified atom stereocenters. The van der Waals surface area contributed by atoms with Crippen LogP contribution in [0.3, 0.4) is 0 Å². The van der Waals surface area contributed by atoms with Crippen LogP contribution >= 0.6 is 15.9 Å². The predicted octanol–water partition coefficient (Wildman–Crippen LogP) is 4.43. The SMILES string of the molecule is Cc1ccc(Br)cc1C(=O)Nc1cc(F)c(F)cc1F. The molecule has 0 aliphatic rings. The van der Waals surface area contributed by atoms with Gasteiger partial charge in [0, 0.05) is 22.2 Å². The van der Waals surface area contributed by atoms with Gasteiger partial charge in [-0.15, -0.1) is 0 Å². The van der Waals surface area contributed by atoms with Gasteiger partial charge in [0.05, 0.1) is 5.69 Å². The van der Waals surface area contributed by atoms with Crippen molar-refractivity contribution >= 4 is 27.5 Å². The Hall–Kier alpha value is -1.82. The Morgan fingerprint density at radius 3 is 2.40 bits per heavy atom. The molecule has 20 heavy (non-hydrogen) atoms. The second-order valence-corrected chi connectivity index (χ2v) is 5.08. The van der Waals surface area contributed by atoms with Gasteiger partial charge in [0.1, 0.15) is 5.82 Å². The third kappa shape index (κ3) is 3.01. The molecule has 0 atom stereocenters. The minimum absolute atomic E-state index is 0.309. The number of carbonyl (C=O) groups excluding carboxylic acids is 1. The lowest BCUT2D eigenvalue weighted by Crippen LogP contribution is -2.15. The monoisotopic (exact) mass is 343 g/mol. The van der Waals surface area contributed by atoms with E-state index < -0.39 is 29.0 Å². The Morgan fingerprint density at radius 2 is 1.70 bits per heavy atom. The molecule has 1 amide bonds. The molecule has 0 saturated heterocycles. The lowest BCUT2D eigenvalue weighted by Gasteiger charge is -2.09. The zero-order chi connectivity index (χ0) is 14.9. The highest BCUT2D eigenvalue weighted by molar-refractivity contribution is 9.10. The average molecular weight is 344 g/mol. The maximum absolute atomic E-state index is 13.5. The Morgan fingerprint density at radius 1 is 1.05 bits per heavy atom. The maximum atomic E-state index is 13.5. The first-order valence-electron chi connectivity index (χ1n) is 5.60. The van der Waals surface area contributed by atoms with Crippen LogP contribution in [0.5, 0.6) is 0 Å². The van der Waals surface area contributed by atoms with Crippen molar-refractivity contribution in [2.75, 3.05) is 5.32 Å². The smallest absolute Gasteiger partial charge is 0.256 e. The van der Waals surface area contributed by atoms with Gasteiger partial charge in [-0.1, -0.05) is 22.0 Å². The van der Waals surface area contributed by atoms with E-state index in [4.69, 9.17) is 0 Å². The lowest BCUT2D eigenvalue weighted by molar-refractivity contribution is 0.102. The van der Waals surface area contributed by atoms with E-state index in [1.165, 1.54) is 0 Å². The van der Waals surface area contributed by atoms with Crippen molar-refractivity contribution in [3.05, 3.63) is 63.4 Å². The summed E-state index contributed by atoms with van der Waals surface area (Å²) >= 11 is 3.22. The van der Waals surface area contributed by atoms with Gasteiger partial charge in [0.25, 0.3) is 5.91 Å². The summed E-state index contributed by atoms with van der Waals surface area (Å²) in [4.78, 5) is 12.0. The number of nitrogens with one attached hydrogen (secondary N) is 1. The van der Waals surface area contributed by atoms with E-state index in [0.29, 0.717) is 27.7 Å². The highest BCUT2D eigenvalue weighted by Crippen LogP contribution is 2.21. The van der Waals surface area contributed by atoms with Crippen LogP contribution in [0.4, 0.5) is 18.9 Å². The second-order valence-electron chi connectivity index (χ2n) is 4.16. The number of benzene rings is 2. The minimum Gasteiger partial charge on any atom is -0.319 e. The van der Waals surface area contributed by atoms with Crippen molar-refractivity contribution in [2.45, 2.75) is 6.92 Å². The molecule has 2 nitrogen and oxygen atoms in total. The molecule has 6 heteroatoms. The third-order valence-electron chi connectivity index (χ3n) is 2.70. The van der Waals surface area contributed by atoms with Crippen molar-refractivity contribution in [1.29, 1.82) is 0 Å². The van der Waals surface area contributed by atoms with Gasteiger partial charge in [0.15, 0.2) is 11.6 Å². The van der Waals surface area contributed by atoms with Gasteiger partial charge in [-0.3, -0.25) is 4.79 Å². The highest BCUT2D eigenvalue weighted by atomic mass is 79.9. The first kappa shape index (κ1) is 14.6. The number of halogens is 4. The van der Waals surface area contributed by atoms with Crippen molar-refractivity contribution in [1.82, 2.24) is 0 Å². The molecular formula is C14H9BrF3NO. The second kappa shape index (κ2) is 5.66. The van der Waals surface area contributed by atoms with Gasteiger partial charge < -0.3 is 5.32 Å². The number of amides is 1. The lowest BCUT2D eigenvalue weighted by atomic mass is 10.1. The standard InChI is InChI=1S/C14H9BrF3NO/c1-7-2-3-8(15)4-9(7)14(20)19-13-6-11(17)10(16)5-12(13)18/h2-6H,1H3,(H,19,20). The molecule has 0 saturated carbocycles. The first-order valence-corrected chi connectivity index (χ1v) is 6.40. The summed E-state index contributed by atoms with van der Waals surface area (Å²) in [6.45, 7) is 1.71. The van der Waals surface area contributed by atoms with Crippen LogP contribution in [0.2, 0.25) is 0 Å². The summed E-state index contributed by atoms with van der Waals surface area (Å²) in [7, 11) is 0. The molecule has 104 valence electrons. The van der Waals surface area contributed by atoms with Crippen molar-refractivity contribution < 1.29 is 18.0 Å². The number of hydrogen-bond donors (Lipinski definition) is 1. The van der Waals surface area contributed by atoms with E-state index in [-0.39, 0.29) is 0 Å². The molecule has 0 heterocycles. The third-order valence-corrected chi connectivity index (χ3v) is 3.20. The summed E-state index contributed by atoms with van der Waals surface area (Å²) in [5, 5.41) is 2.22. The van der Waals surface area contributed by atoms with Crippen LogP contribution in [-0.4, -0.2) is 5.91 Å². The molecule has 1 N–H and O–H groups in total. The molecule has 2 aromatic rings. The number of anilines is 1. The van der Waals surface area contributed by atoms with Crippen LogP contribution < -0.4 is 5.32 Å². The van der Waals surface area contributed by atoms with Gasteiger partial charge in [-0.05, 0) is 24.6 Å². The summed E-state index contributed by atoms with van der Waals surface area (Å²) in [5.74, 6) is -4.18. The fraction of sp³-hybridized carbons (Fsp3) is 0.0714. The Labute approximate surface area is 121 Å². The fourth-order valence-corrected chi connectivity index (χ4v) is 2.01. The molecule has 2 aromatic carbocycles. The molecule has 0 aromatic heterocycles. The summed E-state index contributed by atoms with van der Waals surface area (Å²) in [5.41, 5.74) is 0.575. The van der Waals surface area contributed by atoms with Crippen molar-refractivity contribution in [3.8, 4) is 0 Å². The topological polar surface area (TPSA) is 29.1 Å². The van der Waals surface area contributed by atoms with Gasteiger partial charge in [0.2, 0.25) is 0 Å². The Bertz CT molecular complexity index is 688. The summed E-state index contributed by atoms with van der Waals surface area (Å²) < 4.78 is 40.0. The van der Waals surface area contributed by atoms with E-state index in [0.717, 1.165) is 0 Å². The quantitative estimate of drug-likeness (QED) is 0.803. The molecule has 0 bridgehead atoms. The zero-order valence-electron chi connectivity index (χ0n) is 10.3. The molecule has 0 spiro atoms. The number of aryl methyl sites for hydroxylation is 1. The largest absolute Gasteiger partial charge is 0.319 e. The van der Waals surface area contributed by atoms with E-state index in [9.17, 15) is 18.0 Å². The summed E-state index contributed by atoms with van der Waals surface area (Å²) in [6, 6.07) is 6.02. The molecule has 0 aliphatic carbocycles. The van der Waals surface area contributed by atoms with E-state index >= 15 is 0 Å². The van der Waals surface area contributed by atoms with Crippen LogP contribution in [0.25, 0.3) is 0 Å². The van der Waals surface area contributed by atoms with E-state index in [2.05, 4.69) is 21.2 Å². The van der Waals surface area contributed by atoms with Crippen LogP contribution in [0.1, 0.15) is 15.9 Å². The predicted molar refractivity (Wildman–Crippen MR) is 73.1 cm³/mol. The van der Waals surface area contributed by atoms with Crippen LogP contribution in [-0.2, 0) is 0 Å². The minimum atomic E-state index is -1.31. The normalized spacial score (nSPS) is 10.4. The van der Waals surface area contributed by atoms with E-state index in [1.807, 2.05) is 0 Å². The van der Waals surface area contributed by atoms with E-state index in [1.54, 1.807) is 25.1 Å². The molecule has 0 radical (unpaired) electrons. The van der Waals surface area contributed by atoms with Gasteiger partial charge in [-0.25, -0.2) is 13.2 Å². The highest BCUT2D eigenvalue weighted by Gasteiger charge is 2.15. The Balaban J connectivity index is 2.32. The van der Waals surface area contributed by atoms with Crippen LogP contribution in [0.15, 0.2) is 34.8 Å². The van der Waals surface area contributed by atoms with Gasteiger partial charge >= 0.3 is 0 Å². The maximum Gasteiger partial charge on any atom is 0.256 e.